The summed E-state index contributed by atoms with van der Waals surface area (Å²) in [6.07, 6.45) is 13.7. The van der Waals surface area contributed by atoms with E-state index in [4.69, 9.17) is 0 Å². The second-order valence-electron chi connectivity index (χ2n) is 12.1. The van der Waals surface area contributed by atoms with Gasteiger partial charge in [0.2, 0.25) is 0 Å². The first-order valence-corrected chi connectivity index (χ1v) is 16.0. The predicted octanol–water partition coefficient (Wildman–Crippen LogP) is 10.8. The van der Waals surface area contributed by atoms with E-state index in [9.17, 15) is 15.3 Å². The molecule has 228 valence electrons. The monoisotopic (exact) mass is 562 g/mol. The maximum atomic E-state index is 10.4. The second kappa shape index (κ2) is 20.0. The van der Waals surface area contributed by atoms with E-state index >= 15 is 0 Å². The molecule has 0 aliphatic carbocycles. The van der Waals surface area contributed by atoms with Crippen LogP contribution in [-0.4, -0.2) is 15.3 Å². The van der Waals surface area contributed by atoms with Crippen LogP contribution in [-0.2, 0) is 31.1 Å². The Balaban J connectivity index is 0.000000327. The van der Waals surface area contributed by atoms with Crippen molar-refractivity contribution in [2.24, 2.45) is 0 Å². The van der Waals surface area contributed by atoms with Gasteiger partial charge in [-0.05, 0) is 96.7 Å². The number of unbranched alkanes of at least 4 members (excludes halogenated alkanes) is 4. The van der Waals surface area contributed by atoms with E-state index in [-0.39, 0.29) is 5.41 Å². The lowest BCUT2D eigenvalue weighted by atomic mass is 9.86. The molecule has 0 radical (unpaired) electrons. The second-order valence-corrected chi connectivity index (χ2v) is 12.1. The number of rotatable bonds is 12. The van der Waals surface area contributed by atoms with Gasteiger partial charge in [-0.15, -0.1) is 0 Å². The molecule has 0 spiro atoms. The highest BCUT2D eigenvalue weighted by Crippen LogP contribution is 2.30. The molecule has 41 heavy (non-hydrogen) atoms. The number of benzene rings is 3. The summed E-state index contributed by atoms with van der Waals surface area (Å²) < 4.78 is 0. The number of phenols is 3. The lowest BCUT2D eigenvalue weighted by Gasteiger charge is -2.19. The van der Waals surface area contributed by atoms with E-state index in [0.717, 1.165) is 56.1 Å². The molecule has 0 heterocycles. The van der Waals surface area contributed by atoms with Crippen molar-refractivity contribution < 1.29 is 15.3 Å². The van der Waals surface area contributed by atoms with Crippen molar-refractivity contribution in [3.8, 4) is 17.2 Å². The lowest BCUT2D eigenvalue weighted by molar-refractivity contribution is 0.446. The molecule has 0 aliphatic heterocycles. The first-order valence-electron chi connectivity index (χ1n) is 16.0. The van der Waals surface area contributed by atoms with Gasteiger partial charge in [-0.1, -0.05) is 123 Å². The van der Waals surface area contributed by atoms with Gasteiger partial charge in [-0.25, -0.2) is 0 Å². The van der Waals surface area contributed by atoms with Gasteiger partial charge < -0.3 is 15.3 Å². The molecule has 0 bridgehead atoms. The smallest absolute Gasteiger partial charge is 0.121 e. The van der Waals surface area contributed by atoms with Crippen molar-refractivity contribution >= 4 is 0 Å². The van der Waals surface area contributed by atoms with E-state index in [0.29, 0.717) is 17.2 Å². The van der Waals surface area contributed by atoms with Crippen LogP contribution >= 0.6 is 0 Å². The molecule has 0 fully saturated rings. The SMILES string of the molecule is CC(C)(C)c1ccccc1O.CCCCc1cc(CCCC)c(O)c(CCCC)c1.CCCCc1ccccc1O. The molecular weight excluding hydrogens is 504 g/mol. The largest absolute Gasteiger partial charge is 0.508 e. The summed E-state index contributed by atoms with van der Waals surface area (Å²) >= 11 is 0. The average Bonchev–Trinajstić information content (AvgIpc) is 2.95. The molecule has 3 heteroatoms. The topological polar surface area (TPSA) is 60.7 Å². The third kappa shape index (κ3) is 14.0. The fourth-order valence-corrected chi connectivity index (χ4v) is 4.67. The molecule has 3 rings (SSSR count). The molecule has 3 aromatic rings. The van der Waals surface area contributed by atoms with Crippen LogP contribution in [0.3, 0.4) is 0 Å². The van der Waals surface area contributed by atoms with Crippen LogP contribution in [0, 0.1) is 0 Å². The first-order chi connectivity index (χ1) is 19.6. The molecule has 3 N–H and O–H groups in total. The molecule has 0 saturated carbocycles. The Hall–Kier alpha value is -2.94. The highest BCUT2D eigenvalue weighted by atomic mass is 16.3. The highest BCUT2D eigenvalue weighted by molar-refractivity contribution is 5.44. The standard InChI is InChI=1S/C18H30O.2C10H14O/c1-4-7-10-15-13-16(11-8-5-2)18(19)17(14-15)12-9-6-3;1-10(2,3)8-6-4-5-7-9(8)11;1-2-3-6-9-7-4-5-8-10(9)11/h13-14,19H,4-12H2,1-3H3;4-7,11H,1-3H3;4-5,7-8,11H,2-3,6H2,1H3. The van der Waals surface area contributed by atoms with Gasteiger partial charge >= 0.3 is 0 Å². The van der Waals surface area contributed by atoms with E-state index in [1.807, 2.05) is 36.4 Å². The van der Waals surface area contributed by atoms with Crippen LogP contribution in [0.25, 0.3) is 0 Å². The molecule has 0 unspecified atom stereocenters. The Kier molecular flexibility index (Phi) is 17.6. The van der Waals surface area contributed by atoms with Crippen LogP contribution in [0.4, 0.5) is 0 Å². The van der Waals surface area contributed by atoms with Gasteiger partial charge in [0, 0.05) is 0 Å². The van der Waals surface area contributed by atoms with Crippen LogP contribution in [0.5, 0.6) is 17.2 Å². The third-order valence-electron chi connectivity index (χ3n) is 7.25. The van der Waals surface area contributed by atoms with Gasteiger partial charge in [0.25, 0.3) is 0 Å². The zero-order valence-electron chi connectivity index (χ0n) is 27.1. The third-order valence-corrected chi connectivity index (χ3v) is 7.25. The lowest BCUT2D eigenvalue weighted by Crippen LogP contribution is -2.10. The van der Waals surface area contributed by atoms with Gasteiger partial charge in [0.1, 0.15) is 17.2 Å². The molecule has 3 aromatic carbocycles. The number of aromatic hydroxyl groups is 3. The van der Waals surface area contributed by atoms with Crippen molar-refractivity contribution in [2.75, 3.05) is 0 Å². The normalized spacial score (nSPS) is 10.8. The molecular formula is C38H58O3. The number of aryl methyl sites for hydroxylation is 4. The summed E-state index contributed by atoms with van der Waals surface area (Å²) in [4.78, 5) is 0. The average molecular weight is 563 g/mol. The van der Waals surface area contributed by atoms with Gasteiger partial charge in [0.15, 0.2) is 0 Å². The predicted molar refractivity (Wildman–Crippen MR) is 177 cm³/mol. The Morgan fingerprint density at radius 2 is 0.927 bits per heavy atom. The summed E-state index contributed by atoms with van der Waals surface area (Å²) in [6.45, 7) is 15.1. The summed E-state index contributed by atoms with van der Waals surface area (Å²) in [6, 6.07) is 19.5. The highest BCUT2D eigenvalue weighted by Gasteiger charge is 2.16. The minimum absolute atomic E-state index is 0.0331. The summed E-state index contributed by atoms with van der Waals surface area (Å²) in [7, 11) is 0. The van der Waals surface area contributed by atoms with Crippen LogP contribution in [0.2, 0.25) is 0 Å². The zero-order chi connectivity index (χ0) is 30.7. The fraction of sp³-hybridized carbons (Fsp3) is 0.526. The number of hydrogen-bond donors (Lipinski definition) is 3. The fourth-order valence-electron chi connectivity index (χ4n) is 4.67. The van der Waals surface area contributed by atoms with Crippen LogP contribution in [0.15, 0.2) is 60.7 Å². The van der Waals surface area contributed by atoms with Gasteiger partial charge in [-0.3, -0.25) is 0 Å². The van der Waals surface area contributed by atoms with Gasteiger partial charge in [0.05, 0.1) is 0 Å². The summed E-state index contributed by atoms with van der Waals surface area (Å²) in [5.41, 5.74) is 5.85. The van der Waals surface area contributed by atoms with Crippen molar-refractivity contribution in [3.05, 3.63) is 88.5 Å². The zero-order valence-corrected chi connectivity index (χ0v) is 27.1. The van der Waals surface area contributed by atoms with Crippen molar-refractivity contribution in [3.63, 3.8) is 0 Å². The molecule has 0 saturated heterocycles. The number of para-hydroxylation sites is 2. The van der Waals surface area contributed by atoms with Crippen molar-refractivity contribution in [2.45, 2.75) is 131 Å². The number of phenolic OH excluding ortho intramolecular Hbond substituents is 3. The molecule has 0 aromatic heterocycles. The van der Waals surface area contributed by atoms with Crippen LogP contribution < -0.4 is 0 Å². The Labute approximate surface area is 251 Å². The minimum Gasteiger partial charge on any atom is -0.508 e. The first kappa shape index (κ1) is 36.1. The maximum Gasteiger partial charge on any atom is 0.121 e. The minimum atomic E-state index is 0.0331. The van der Waals surface area contributed by atoms with Crippen LogP contribution in [0.1, 0.15) is 128 Å². The Morgan fingerprint density at radius 1 is 0.512 bits per heavy atom. The van der Waals surface area contributed by atoms with E-state index in [1.54, 1.807) is 12.1 Å². The quantitative estimate of drug-likeness (QED) is 0.206. The van der Waals surface area contributed by atoms with E-state index in [1.165, 1.54) is 48.8 Å². The summed E-state index contributed by atoms with van der Waals surface area (Å²) in [5, 5.41) is 29.2. The Morgan fingerprint density at radius 3 is 1.34 bits per heavy atom. The molecule has 0 amide bonds. The van der Waals surface area contributed by atoms with Crippen molar-refractivity contribution in [1.82, 2.24) is 0 Å². The van der Waals surface area contributed by atoms with Crippen molar-refractivity contribution in [1.29, 1.82) is 0 Å². The molecule has 3 nitrogen and oxygen atoms in total. The van der Waals surface area contributed by atoms with E-state index < -0.39 is 0 Å². The molecule has 0 atom stereocenters. The number of hydrogen-bond acceptors (Lipinski definition) is 3. The maximum absolute atomic E-state index is 10.4. The summed E-state index contributed by atoms with van der Waals surface area (Å²) in [5.74, 6) is 1.39. The van der Waals surface area contributed by atoms with Gasteiger partial charge in [-0.2, -0.15) is 0 Å². The molecule has 0 aliphatic rings. The Bertz CT molecular complexity index is 1080. The van der Waals surface area contributed by atoms with E-state index in [2.05, 4.69) is 60.6 Å².